The van der Waals surface area contributed by atoms with Crippen molar-refractivity contribution in [2.75, 3.05) is 13.2 Å². The maximum absolute atomic E-state index is 6.01. The lowest BCUT2D eigenvalue weighted by molar-refractivity contribution is 0.317. The minimum atomic E-state index is 0. The van der Waals surface area contributed by atoms with Crippen molar-refractivity contribution in [2.45, 2.75) is 40.3 Å². The lowest BCUT2D eigenvalue weighted by Crippen LogP contribution is -2.36. The zero-order valence-electron chi connectivity index (χ0n) is 18.6. The summed E-state index contributed by atoms with van der Waals surface area (Å²) in [6.45, 7) is 8.71. The third-order valence-corrected chi connectivity index (χ3v) is 5.10. The number of hydrogen-bond donors (Lipinski definition) is 2. The molecule has 0 atom stereocenters. The summed E-state index contributed by atoms with van der Waals surface area (Å²) in [5.74, 6) is 2.80. The lowest BCUT2D eigenvalue weighted by Gasteiger charge is -2.12. The van der Waals surface area contributed by atoms with Gasteiger partial charge in [-0.1, -0.05) is 13.0 Å². The Morgan fingerprint density at radius 3 is 2.53 bits per heavy atom. The van der Waals surface area contributed by atoms with Crippen LogP contribution < -0.4 is 20.1 Å². The summed E-state index contributed by atoms with van der Waals surface area (Å²) in [4.78, 5) is 14.7. The first-order chi connectivity index (χ1) is 15.2. The van der Waals surface area contributed by atoms with E-state index in [0.29, 0.717) is 31.3 Å². The number of aliphatic imine (C=N–C) groups is 1. The molecule has 7 nitrogen and oxygen atoms in total. The average molecular weight is 567 g/mol. The second kappa shape index (κ2) is 13.9. The van der Waals surface area contributed by atoms with E-state index in [1.54, 1.807) is 17.5 Å². The first-order valence-electron chi connectivity index (χ1n) is 10.5. The fourth-order valence-corrected chi connectivity index (χ4v) is 3.45. The van der Waals surface area contributed by atoms with E-state index in [4.69, 9.17) is 9.47 Å². The van der Waals surface area contributed by atoms with Gasteiger partial charge in [-0.25, -0.2) is 15.0 Å². The van der Waals surface area contributed by atoms with Gasteiger partial charge in [-0.15, -0.1) is 35.3 Å². The van der Waals surface area contributed by atoms with E-state index in [0.717, 1.165) is 35.2 Å². The largest absolute Gasteiger partial charge is 0.494 e. The highest BCUT2D eigenvalue weighted by atomic mass is 127. The van der Waals surface area contributed by atoms with Crippen LogP contribution in [0.15, 0.2) is 53.8 Å². The van der Waals surface area contributed by atoms with Gasteiger partial charge in [0, 0.05) is 29.4 Å². The number of halogens is 1. The number of benzene rings is 1. The summed E-state index contributed by atoms with van der Waals surface area (Å²) in [6.07, 6.45) is 4.58. The van der Waals surface area contributed by atoms with Gasteiger partial charge in [0.1, 0.15) is 16.5 Å². The summed E-state index contributed by atoms with van der Waals surface area (Å²) in [7, 11) is 0. The summed E-state index contributed by atoms with van der Waals surface area (Å²) >= 11 is 1.68. The molecule has 32 heavy (non-hydrogen) atoms. The van der Waals surface area contributed by atoms with Crippen LogP contribution in [0.3, 0.4) is 0 Å². The van der Waals surface area contributed by atoms with Crippen LogP contribution in [-0.4, -0.2) is 29.1 Å². The monoisotopic (exact) mass is 567 g/mol. The van der Waals surface area contributed by atoms with Gasteiger partial charge in [0.2, 0.25) is 5.88 Å². The number of thiazole rings is 1. The number of pyridine rings is 1. The van der Waals surface area contributed by atoms with Crippen LogP contribution in [0, 0.1) is 6.92 Å². The van der Waals surface area contributed by atoms with Crippen LogP contribution >= 0.6 is 35.3 Å². The first-order valence-corrected chi connectivity index (χ1v) is 11.3. The van der Waals surface area contributed by atoms with Gasteiger partial charge in [-0.3, -0.25) is 0 Å². The summed E-state index contributed by atoms with van der Waals surface area (Å²) in [5.41, 5.74) is 0.899. The number of nitrogens with one attached hydrogen (secondary N) is 2. The predicted octanol–water partition coefficient (Wildman–Crippen LogP) is 5.30. The van der Waals surface area contributed by atoms with Crippen molar-refractivity contribution in [1.29, 1.82) is 0 Å². The molecular weight excluding hydrogens is 537 g/mol. The second-order valence-corrected chi connectivity index (χ2v) is 8.12. The van der Waals surface area contributed by atoms with E-state index in [1.807, 2.05) is 49.5 Å². The molecule has 0 fully saturated rings. The van der Waals surface area contributed by atoms with Crippen molar-refractivity contribution >= 4 is 41.3 Å². The topological polar surface area (TPSA) is 80.7 Å². The maximum atomic E-state index is 6.01. The normalized spacial score (nSPS) is 10.9. The van der Waals surface area contributed by atoms with Gasteiger partial charge in [-0.05, 0) is 50.6 Å². The van der Waals surface area contributed by atoms with Crippen molar-refractivity contribution in [1.82, 2.24) is 20.6 Å². The third kappa shape index (κ3) is 8.27. The zero-order valence-corrected chi connectivity index (χ0v) is 21.8. The number of hydrogen-bond acceptors (Lipinski definition) is 6. The quantitative estimate of drug-likeness (QED) is 0.197. The molecular formula is C23H30IN5O2S. The van der Waals surface area contributed by atoms with E-state index in [2.05, 4.69) is 39.4 Å². The highest BCUT2D eigenvalue weighted by Crippen LogP contribution is 2.25. The molecule has 0 aliphatic rings. The van der Waals surface area contributed by atoms with Gasteiger partial charge < -0.3 is 20.1 Å². The SMILES string of the molecule is CCCOc1ccc(Oc2ncccc2CN=C(NCC)NCc2ncc(C)s2)cc1.I. The van der Waals surface area contributed by atoms with Crippen LogP contribution in [0.25, 0.3) is 0 Å². The van der Waals surface area contributed by atoms with E-state index >= 15 is 0 Å². The van der Waals surface area contributed by atoms with Gasteiger partial charge in [0.15, 0.2) is 5.96 Å². The number of guanidine groups is 1. The Morgan fingerprint density at radius 2 is 1.84 bits per heavy atom. The van der Waals surface area contributed by atoms with Gasteiger partial charge in [-0.2, -0.15) is 0 Å². The predicted molar refractivity (Wildman–Crippen MR) is 140 cm³/mol. The van der Waals surface area contributed by atoms with E-state index in [-0.39, 0.29) is 24.0 Å². The van der Waals surface area contributed by atoms with Crippen molar-refractivity contribution in [3.05, 3.63) is 64.2 Å². The summed E-state index contributed by atoms with van der Waals surface area (Å²) < 4.78 is 11.6. The molecule has 0 amide bonds. The summed E-state index contributed by atoms with van der Waals surface area (Å²) in [5, 5.41) is 7.61. The van der Waals surface area contributed by atoms with Crippen molar-refractivity contribution in [3.8, 4) is 17.4 Å². The first kappa shape index (κ1) is 25.9. The van der Waals surface area contributed by atoms with Crippen molar-refractivity contribution < 1.29 is 9.47 Å². The Morgan fingerprint density at radius 1 is 1.06 bits per heavy atom. The smallest absolute Gasteiger partial charge is 0.224 e. The number of aryl methyl sites for hydroxylation is 1. The molecule has 0 aliphatic carbocycles. The van der Waals surface area contributed by atoms with Crippen LogP contribution in [0.2, 0.25) is 0 Å². The van der Waals surface area contributed by atoms with Gasteiger partial charge >= 0.3 is 0 Å². The van der Waals surface area contributed by atoms with E-state index < -0.39 is 0 Å². The third-order valence-electron chi connectivity index (χ3n) is 4.19. The Hall–Kier alpha value is -2.40. The van der Waals surface area contributed by atoms with Gasteiger partial charge in [0.25, 0.3) is 0 Å². The molecule has 0 aliphatic heterocycles. The Labute approximate surface area is 210 Å². The van der Waals surface area contributed by atoms with Crippen molar-refractivity contribution in [3.63, 3.8) is 0 Å². The molecule has 2 aromatic heterocycles. The van der Waals surface area contributed by atoms with Gasteiger partial charge in [0.05, 0.1) is 19.7 Å². The fourth-order valence-electron chi connectivity index (χ4n) is 2.72. The molecule has 9 heteroatoms. The van der Waals surface area contributed by atoms with Crippen LogP contribution in [0.4, 0.5) is 0 Å². The standard InChI is InChI=1S/C23H29N5O2S.HI/c1-4-13-29-19-8-10-20(11-9-19)30-22-18(7-6-12-25-22)15-27-23(24-5-2)28-16-21-26-14-17(3)31-21;/h6-12,14H,4-5,13,15-16H2,1-3H3,(H2,24,27,28);1H. The molecule has 1 aromatic carbocycles. The zero-order chi connectivity index (χ0) is 21.9. The van der Waals surface area contributed by atoms with Crippen LogP contribution in [-0.2, 0) is 13.1 Å². The highest BCUT2D eigenvalue weighted by Gasteiger charge is 2.08. The Balaban J connectivity index is 0.00000363. The molecule has 0 saturated heterocycles. The average Bonchev–Trinajstić information content (AvgIpc) is 3.21. The van der Waals surface area contributed by atoms with E-state index in [9.17, 15) is 0 Å². The van der Waals surface area contributed by atoms with E-state index in [1.165, 1.54) is 4.88 Å². The van der Waals surface area contributed by atoms with Crippen LogP contribution in [0.1, 0.15) is 35.7 Å². The Bertz CT molecular complexity index is 979. The fraction of sp³-hybridized carbons (Fsp3) is 0.348. The molecule has 172 valence electrons. The number of ether oxygens (including phenoxy) is 2. The number of nitrogens with zero attached hydrogens (tertiary/aromatic N) is 3. The molecule has 0 bridgehead atoms. The highest BCUT2D eigenvalue weighted by molar-refractivity contribution is 14.0. The molecule has 0 radical (unpaired) electrons. The lowest BCUT2D eigenvalue weighted by atomic mass is 10.2. The second-order valence-electron chi connectivity index (χ2n) is 6.80. The molecule has 0 spiro atoms. The minimum absolute atomic E-state index is 0. The summed E-state index contributed by atoms with van der Waals surface area (Å²) in [6, 6.07) is 11.4. The van der Waals surface area contributed by atoms with Crippen LogP contribution in [0.5, 0.6) is 17.4 Å². The number of rotatable bonds is 10. The van der Waals surface area contributed by atoms with Crippen molar-refractivity contribution in [2.24, 2.45) is 4.99 Å². The molecule has 0 saturated carbocycles. The number of aromatic nitrogens is 2. The molecule has 2 heterocycles. The minimum Gasteiger partial charge on any atom is -0.494 e. The molecule has 3 aromatic rings. The Kier molecular flexibility index (Phi) is 11.2. The maximum Gasteiger partial charge on any atom is 0.224 e. The molecule has 2 N–H and O–H groups in total. The molecule has 3 rings (SSSR count). The molecule has 0 unspecified atom stereocenters.